The van der Waals surface area contributed by atoms with Crippen LogP contribution in [0.2, 0.25) is 0 Å². The first-order valence-corrected chi connectivity index (χ1v) is 20.8. The largest absolute Gasteiger partial charge is 0.365 e. The van der Waals surface area contributed by atoms with E-state index in [0.717, 1.165) is 6.42 Å². The Hall–Kier alpha value is -5.93. The molecular formula is C53H47N3. The van der Waals surface area contributed by atoms with Gasteiger partial charge in [0.1, 0.15) is 0 Å². The Morgan fingerprint density at radius 2 is 1.34 bits per heavy atom. The predicted molar refractivity (Wildman–Crippen MR) is 232 cm³/mol. The normalized spacial score (nSPS) is 24.3. The molecule has 0 N–H and O–H groups in total. The molecule has 3 heterocycles. The Kier molecular flexibility index (Phi) is 8.34. The Labute approximate surface area is 330 Å². The van der Waals surface area contributed by atoms with Crippen LogP contribution in [-0.2, 0) is 0 Å². The molecule has 3 aliphatic carbocycles. The standard InChI is InChI=1S/C53H47N3/c1-3-11-36(12-4-1)38-19-23-44(24-20-38)55-50-17-9-7-15-46(50)48-25-21-41(35-53(48)55)40-22-26-52-49(34-40)47-16-8-10-18-51(47)56(52)45-32-42(37-13-5-2-6-14-37)31-43(33-45)39-27-29-54-30-28-39/h1-6,8-14,16-18,21-23,25-34,38,41,46,48,50,53H,7,15,19-20,24,35H2. The highest BCUT2D eigenvalue weighted by Crippen LogP contribution is 2.51. The molecule has 2 aromatic heterocycles. The van der Waals surface area contributed by atoms with Gasteiger partial charge in [-0.1, -0.05) is 115 Å². The number of likely N-dealkylation sites (tertiary alicyclic amines) is 1. The van der Waals surface area contributed by atoms with Gasteiger partial charge in [0.2, 0.25) is 0 Å². The molecule has 274 valence electrons. The van der Waals surface area contributed by atoms with Gasteiger partial charge < -0.3 is 9.47 Å². The zero-order chi connectivity index (χ0) is 37.0. The summed E-state index contributed by atoms with van der Waals surface area (Å²) in [7, 11) is 0. The Balaban J connectivity index is 0.970. The maximum atomic E-state index is 4.31. The fourth-order valence-electron chi connectivity index (χ4n) is 10.9. The van der Waals surface area contributed by atoms with Crippen LogP contribution in [0.3, 0.4) is 0 Å². The molecule has 0 amide bonds. The van der Waals surface area contributed by atoms with Crippen molar-refractivity contribution in [3.63, 3.8) is 0 Å². The summed E-state index contributed by atoms with van der Waals surface area (Å²) in [6.45, 7) is 0. The van der Waals surface area contributed by atoms with Crippen molar-refractivity contribution in [2.45, 2.75) is 62.4 Å². The summed E-state index contributed by atoms with van der Waals surface area (Å²) in [5.41, 5.74) is 13.0. The number of nitrogens with zero attached hydrogens (tertiary/aromatic N) is 3. The van der Waals surface area contributed by atoms with Crippen LogP contribution in [0.15, 0.2) is 182 Å². The first kappa shape index (κ1) is 33.4. The van der Waals surface area contributed by atoms with E-state index in [9.17, 15) is 0 Å². The van der Waals surface area contributed by atoms with E-state index >= 15 is 0 Å². The average molecular weight is 726 g/mol. The number of hydrogen-bond acceptors (Lipinski definition) is 2. The topological polar surface area (TPSA) is 21.1 Å². The molecule has 56 heavy (non-hydrogen) atoms. The molecule has 7 aromatic rings. The number of benzene rings is 5. The second-order valence-corrected chi connectivity index (χ2v) is 16.5. The van der Waals surface area contributed by atoms with Crippen LogP contribution in [0.25, 0.3) is 49.7 Å². The maximum absolute atomic E-state index is 4.31. The summed E-state index contributed by atoms with van der Waals surface area (Å²) in [6, 6.07) is 50.5. The number of para-hydroxylation sites is 1. The molecule has 6 atom stereocenters. The smallest absolute Gasteiger partial charge is 0.0541 e. The molecule has 0 spiro atoms. The number of rotatable bonds is 6. The molecule has 4 aliphatic rings. The Morgan fingerprint density at radius 3 is 2.14 bits per heavy atom. The van der Waals surface area contributed by atoms with E-state index in [1.54, 1.807) is 5.70 Å². The van der Waals surface area contributed by atoms with Crippen LogP contribution in [0.1, 0.15) is 61.5 Å². The Bertz CT molecular complexity index is 2570. The van der Waals surface area contributed by atoms with Crippen LogP contribution in [0.4, 0.5) is 0 Å². The van der Waals surface area contributed by atoms with Crippen LogP contribution in [0.5, 0.6) is 0 Å². The minimum atomic E-state index is 0.385. The van der Waals surface area contributed by atoms with Crippen molar-refractivity contribution >= 4 is 21.8 Å². The van der Waals surface area contributed by atoms with Crippen LogP contribution in [0, 0.1) is 11.8 Å². The van der Waals surface area contributed by atoms with Gasteiger partial charge in [0.15, 0.2) is 0 Å². The van der Waals surface area contributed by atoms with Crippen LogP contribution < -0.4 is 0 Å². The third-order valence-corrected chi connectivity index (χ3v) is 13.5. The van der Waals surface area contributed by atoms with Crippen molar-refractivity contribution in [2.75, 3.05) is 0 Å². The van der Waals surface area contributed by atoms with Crippen molar-refractivity contribution in [3.8, 4) is 27.9 Å². The molecule has 6 unspecified atom stereocenters. The monoisotopic (exact) mass is 725 g/mol. The quantitative estimate of drug-likeness (QED) is 0.159. The minimum absolute atomic E-state index is 0.385. The molecule has 0 saturated carbocycles. The van der Waals surface area contributed by atoms with E-state index in [-0.39, 0.29) is 0 Å². The van der Waals surface area contributed by atoms with E-state index in [2.05, 4.69) is 178 Å². The van der Waals surface area contributed by atoms with Crippen LogP contribution >= 0.6 is 0 Å². The summed E-state index contributed by atoms with van der Waals surface area (Å²) in [5.74, 6) is 2.34. The van der Waals surface area contributed by atoms with Crippen molar-refractivity contribution in [1.82, 2.24) is 14.5 Å². The minimum Gasteiger partial charge on any atom is -0.365 e. The number of allylic oxidation sites excluding steroid dienone is 4. The van der Waals surface area contributed by atoms with Crippen molar-refractivity contribution in [1.29, 1.82) is 0 Å². The molecule has 0 radical (unpaired) electrons. The first-order valence-electron chi connectivity index (χ1n) is 20.8. The lowest BCUT2D eigenvalue weighted by Gasteiger charge is -2.40. The van der Waals surface area contributed by atoms with Crippen LogP contribution in [-0.4, -0.2) is 26.5 Å². The van der Waals surface area contributed by atoms with Gasteiger partial charge in [-0.05, 0) is 132 Å². The number of pyridine rings is 1. The maximum Gasteiger partial charge on any atom is 0.0541 e. The molecule has 11 rings (SSSR count). The Morgan fingerprint density at radius 1 is 0.589 bits per heavy atom. The lowest BCUT2D eigenvalue weighted by molar-refractivity contribution is 0.226. The van der Waals surface area contributed by atoms with Crippen molar-refractivity contribution in [3.05, 3.63) is 193 Å². The molecule has 3 heteroatoms. The van der Waals surface area contributed by atoms with E-state index in [1.165, 1.54) is 93.0 Å². The summed E-state index contributed by atoms with van der Waals surface area (Å²) in [5, 5.41) is 2.63. The van der Waals surface area contributed by atoms with Gasteiger partial charge in [-0.25, -0.2) is 0 Å². The van der Waals surface area contributed by atoms with E-state index in [1.807, 2.05) is 12.4 Å². The molecule has 3 nitrogen and oxygen atoms in total. The highest BCUT2D eigenvalue weighted by molar-refractivity contribution is 6.09. The predicted octanol–water partition coefficient (Wildman–Crippen LogP) is 13.0. The molecule has 1 aliphatic heterocycles. The van der Waals surface area contributed by atoms with Gasteiger partial charge >= 0.3 is 0 Å². The van der Waals surface area contributed by atoms with Crippen molar-refractivity contribution < 1.29 is 0 Å². The highest BCUT2D eigenvalue weighted by atomic mass is 15.2. The summed E-state index contributed by atoms with van der Waals surface area (Å²) < 4.78 is 2.48. The molecule has 1 saturated heterocycles. The molecule has 5 aromatic carbocycles. The van der Waals surface area contributed by atoms with E-state index < -0.39 is 0 Å². The van der Waals surface area contributed by atoms with Gasteiger partial charge in [0.25, 0.3) is 0 Å². The fourth-order valence-corrected chi connectivity index (χ4v) is 10.9. The molecule has 1 fully saturated rings. The van der Waals surface area contributed by atoms with E-state index in [4.69, 9.17) is 0 Å². The third kappa shape index (κ3) is 5.75. The van der Waals surface area contributed by atoms with Gasteiger partial charge in [0.05, 0.1) is 17.1 Å². The lowest BCUT2D eigenvalue weighted by Crippen LogP contribution is -2.39. The third-order valence-electron chi connectivity index (χ3n) is 13.5. The lowest BCUT2D eigenvalue weighted by atomic mass is 9.75. The second kappa shape index (κ2) is 14.0. The molecular weight excluding hydrogens is 679 g/mol. The number of hydrogen-bond donors (Lipinski definition) is 0. The fraction of sp³-hybridized carbons (Fsp3) is 0.226. The number of aromatic nitrogens is 2. The van der Waals surface area contributed by atoms with Gasteiger partial charge in [0, 0.05) is 52.4 Å². The summed E-state index contributed by atoms with van der Waals surface area (Å²) in [4.78, 5) is 7.22. The van der Waals surface area contributed by atoms with Gasteiger partial charge in [-0.15, -0.1) is 0 Å². The second-order valence-electron chi connectivity index (χ2n) is 16.5. The number of fused-ring (bicyclic) bond motifs is 6. The van der Waals surface area contributed by atoms with Gasteiger partial charge in [-0.3, -0.25) is 4.98 Å². The molecule has 0 bridgehead atoms. The summed E-state index contributed by atoms with van der Waals surface area (Å²) >= 11 is 0. The zero-order valence-electron chi connectivity index (χ0n) is 31.8. The van der Waals surface area contributed by atoms with Gasteiger partial charge in [-0.2, -0.15) is 0 Å². The zero-order valence-corrected chi connectivity index (χ0v) is 31.8. The van der Waals surface area contributed by atoms with Crippen molar-refractivity contribution in [2.24, 2.45) is 11.8 Å². The first-order chi connectivity index (χ1) is 27.8. The SMILES string of the molecule is C1=CC2C(CC1)C1C=CC(c3ccc4c(c3)c3ccccc3n4-c3cc(-c4ccccc4)cc(-c4ccncc4)c3)CC1N2C1=CCC(c2ccccc2)CC1. The average Bonchev–Trinajstić information content (AvgIpc) is 3.79. The summed E-state index contributed by atoms with van der Waals surface area (Å²) in [6.07, 6.45) is 23.9. The van der Waals surface area contributed by atoms with E-state index in [0.29, 0.717) is 35.8 Å². The highest BCUT2D eigenvalue weighted by Gasteiger charge is 2.49.